The molecule has 0 heterocycles. The highest BCUT2D eigenvalue weighted by Gasteiger charge is 2.22. The molecular formula is C19H40O4S. The van der Waals surface area contributed by atoms with Crippen LogP contribution in [0.2, 0.25) is 0 Å². The smallest absolute Gasteiger partial charge is 0.267 e. The Bertz CT molecular complexity index is 368. The third-order valence-corrected chi connectivity index (χ3v) is 6.07. The maximum atomic E-state index is 11.5. The van der Waals surface area contributed by atoms with Crippen molar-refractivity contribution in [2.24, 2.45) is 0 Å². The van der Waals surface area contributed by atoms with Gasteiger partial charge in [-0.3, -0.25) is 4.55 Å². The molecule has 0 aromatic heterocycles. The van der Waals surface area contributed by atoms with Crippen LogP contribution in [0.15, 0.2) is 0 Å². The van der Waals surface area contributed by atoms with E-state index in [9.17, 15) is 18.1 Å². The second-order valence-corrected chi connectivity index (χ2v) is 8.82. The van der Waals surface area contributed by atoms with Crippen LogP contribution in [0.25, 0.3) is 0 Å². The molecule has 4 nitrogen and oxygen atoms in total. The molecule has 0 bridgehead atoms. The largest absolute Gasteiger partial charge is 0.393 e. The molecule has 146 valence electrons. The highest BCUT2D eigenvalue weighted by molar-refractivity contribution is 7.86. The summed E-state index contributed by atoms with van der Waals surface area (Å²) in [6.07, 6.45) is 14.0. The normalized spacial score (nSPS) is 14.7. The van der Waals surface area contributed by atoms with Gasteiger partial charge in [0.05, 0.1) is 11.4 Å². The van der Waals surface area contributed by atoms with E-state index in [0.29, 0.717) is 25.7 Å². The van der Waals surface area contributed by atoms with E-state index >= 15 is 0 Å². The van der Waals surface area contributed by atoms with Gasteiger partial charge in [0.15, 0.2) is 0 Å². The summed E-state index contributed by atoms with van der Waals surface area (Å²) < 4.78 is 32.4. The molecule has 2 atom stereocenters. The average Bonchev–Trinajstić information content (AvgIpc) is 2.52. The maximum Gasteiger partial charge on any atom is 0.267 e. The van der Waals surface area contributed by atoms with E-state index in [2.05, 4.69) is 13.8 Å². The van der Waals surface area contributed by atoms with E-state index in [-0.39, 0.29) is 6.10 Å². The van der Waals surface area contributed by atoms with Gasteiger partial charge in [-0.15, -0.1) is 0 Å². The van der Waals surface area contributed by atoms with Crippen molar-refractivity contribution in [3.8, 4) is 0 Å². The lowest BCUT2D eigenvalue weighted by Crippen LogP contribution is -2.21. The quantitative estimate of drug-likeness (QED) is 0.264. The Hall–Kier alpha value is -0.130. The lowest BCUT2D eigenvalue weighted by molar-refractivity contribution is 0.147. The van der Waals surface area contributed by atoms with Crippen LogP contribution in [0.4, 0.5) is 0 Å². The predicted molar refractivity (Wildman–Crippen MR) is 102 cm³/mol. The molecule has 0 aliphatic rings. The minimum Gasteiger partial charge on any atom is -0.393 e. The third kappa shape index (κ3) is 14.2. The van der Waals surface area contributed by atoms with Crippen molar-refractivity contribution >= 4 is 10.1 Å². The van der Waals surface area contributed by atoms with Crippen molar-refractivity contribution in [3.63, 3.8) is 0 Å². The first kappa shape index (κ1) is 23.9. The molecule has 5 heteroatoms. The van der Waals surface area contributed by atoms with Crippen LogP contribution in [-0.2, 0) is 10.1 Å². The van der Waals surface area contributed by atoms with Crippen molar-refractivity contribution in [2.75, 3.05) is 0 Å². The van der Waals surface area contributed by atoms with Gasteiger partial charge in [0.1, 0.15) is 0 Å². The van der Waals surface area contributed by atoms with Gasteiger partial charge < -0.3 is 5.11 Å². The van der Waals surface area contributed by atoms with Gasteiger partial charge in [0.2, 0.25) is 0 Å². The van der Waals surface area contributed by atoms with Crippen molar-refractivity contribution in [2.45, 2.75) is 122 Å². The first-order valence-electron chi connectivity index (χ1n) is 10.1. The summed E-state index contributed by atoms with van der Waals surface area (Å²) in [7, 11) is -3.97. The molecule has 0 aliphatic carbocycles. The number of hydrogen-bond acceptors (Lipinski definition) is 3. The topological polar surface area (TPSA) is 74.6 Å². The molecule has 0 aromatic carbocycles. The van der Waals surface area contributed by atoms with Gasteiger partial charge in [-0.25, -0.2) is 0 Å². The highest BCUT2D eigenvalue weighted by Crippen LogP contribution is 2.19. The standard InChI is InChI=1S/C19H40O4S/c1-3-5-7-9-10-12-16-19(24(21,22)23)17-13-15-18(20)14-11-8-6-4-2/h18-20H,3-17H2,1-2H3,(H,21,22,23). The van der Waals surface area contributed by atoms with E-state index in [1.165, 1.54) is 32.1 Å². The Kier molecular flexibility index (Phi) is 15.1. The van der Waals surface area contributed by atoms with E-state index in [0.717, 1.165) is 38.5 Å². The first-order chi connectivity index (χ1) is 11.4. The van der Waals surface area contributed by atoms with E-state index in [1.807, 2.05) is 0 Å². The zero-order chi connectivity index (χ0) is 18.3. The molecule has 0 rings (SSSR count). The Morgan fingerprint density at radius 1 is 0.667 bits per heavy atom. The van der Waals surface area contributed by atoms with Crippen LogP contribution in [0.1, 0.15) is 110 Å². The van der Waals surface area contributed by atoms with Crippen LogP contribution in [-0.4, -0.2) is 29.4 Å². The molecule has 0 fully saturated rings. The molecule has 0 amide bonds. The summed E-state index contributed by atoms with van der Waals surface area (Å²) in [6.45, 7) is 4.34. The summed E-state index contributed by atoms with van der Waals surface area (Å²) in [5.74, 6) is 0. The van der Waals surface area contributed by atoms with E-state index in [4.69, 9.17) is 0 Å². The SMILES string of the molecule is CCCCCCCCC(CCCC(O)CCCCCC)S(=O)(=O)O. The second-order valence-electron chi connectivity index (χ2n) is 7.13. The molecule has 0 aromatic rings. The second kappa shape index (κ2) is 15.2. The fourth-order valence-electron chi connectivity index (χ4n) is 3.13. The van der Waals surface area contributed by atoms with E-state index in [1.54, 1.807) is 0 Å². The Labute approximate surface area is 150 Å². The average molecular weight is 365 g/mol. The number of hydrogen-bond donors (Lipinski definition) is 2. The number of aliphatic hydroxyl groups excluding tert-OH is 1. The van der Waals surface area contributed by atoms with Gasteiger partial charge in [-0.1, -0.05) is 78.1 Å². The molecule has 0 radical (unpaired) electrons. The van der Waals surface area contributed by atoms with Crippen LogP contribution in [0.5, 0.6) is 0 Å². The molecule has 0 saturated carbocycles. The lowest BCUT2D eigenvalue weighted by atomic mass is 10.0. The van der Waals surface area contributed by atoms with E-state index < -0.39 is 15.4 Å². The molecule has 0 saturated heterocycles. The van der Waals surface area contributed by atoms with Crippen molar-refractivity contribution in [1.82, 2.24) is 0 Å². The monoisotopic (exact) mass is 364 g/mol. The van der Waals surface area contributed by atoms with Crippen molar-refractivity contribution in [1.29, 1.82) is 0 Å². The zero-order valence-corrected chi connectivity index (χ0v) is 16.7. The fourth-order valence-corrected chi connectivity index (χ4v) is 4.06. The Balaban J connectivity index is 3.91. The van der Waals surface area contributed by atoms with Gasteiger partial charge >= 0.3 is 0 Å². The van der Waals surface area contributed by atoms with Crippen molar-refractivity contribution in [3.05, 3.63) is 0 Å². The van der Waals surface area contributed by atoms with Gasteiger partial charge in [0, 0.05) is 0 Å². The minimum atomic E-state index is -3.97. The molecule has 24 heavy (non-hydrogen) atoms. The summed E-state index contributed by atoms with van der Waals surface area (Å²) in [5.41, 5.74) is 0. The van der Waals surface area contributed by atoms with Crippen LogP contribution in [0.3, 0.4) is 0 Å². The number of rotatable bonds is 17. The van der Waals surface area contributed by atoms with Gasteiger partial charge in [-0.05, 0) is 32.1 Å². The molecule has 2 unspecified atom stereocenters. The fraction of sp³-hybridized carbons (Fsp3) is 1.00. The minimum absolute atomic E-state index is 0.335. The number of unbranched alkanes of at least 4 members (excludes halogenated alkanes) is 8. The zero-order valence-electron chi connectivity index (χ0n) is 15.9. The number of aliphatic hydroxyl groups is 1. The first-order valence-corrected chi connectivity index (χ1v) is 11.6. The van der Waals surface area contributed by atoms with Crippen LogP contribution < -0.4 is 0 Å². The highest BCUT2D eigenvalue weighted by atomic mass is 32.2. The summed E-state index contributed by atoms with van der Waals surface area (Å²) in [6, 6.07) is 0. The van der Waals surface area contributed by atoms with Gasteiger partial charge in [0.25, 0.3) is 10.1 Å². The molecule has 0 aliphatic heterocycles. The Morgan fingerprint density at radius 3 is 1.67 bits per heavy atom. The summed E-state index contributed by atoms with van der Waals surface area (Å²) in [4.78, 5) is 0. The summed E-state index contributed by atoms with van der Waals surface area (Å²) >= 11 is 0. The van der Waals surface area contributed by atoms with Crippen LogP contribution in [0, 0.1) is 0 Å². The Morgan fingerprint density at radius 2 is 1.08 bits per heavy atom. The maximum absolute atomic E-state index is 11.5. The molecule has 2 N–H and O–H groups in total. The van der Waals surface area contributed by atoms with Gasteiger partial charge in [-0.2, -0.15) is 8.42 Å². The van der Waals surface area contributed by atoms with Crippen molar-refractivity contribution < 1.29 is 18.1 Å². The predicted octanol–water partition coefficient (Wildman–Crippen LogP) is 5.50. The third-order valence-electron chi connectivity index (χ3n) is 4.76. The summed E-state index contributed by atoms with van der Waals surface area (Å²) in [5, 5.41) is 9.29. The molecule has 0 spiro atoms. The molecular weight excluding hydrogens is 324 g/mol. The lowest BCUT2D eigenvalue weighted by Gasteiger charge is -2.15. The van der Waals surface area contributed by atoms with Crippen LogP contribution >= 0.6 is 0 Å².